The summed E-state index contributed by atoms with van der Waals surface area (Å²) in [5.74, 6) is -0.497. The number of hydrogen-bond donors (Lipinski definition) is 2. The minimum Gasteiger partial charge on any atom is -0.508 e. The Hall–Kier alpha value is -2.36. The average molecular weight is 271 g/mol. The standard InChI is InChI=1S/C16H14FNO2/c17-14-7-2-1-6-13(14)16(8-9-16)15(20)18-11-4-3-5-12(19)10-11/h1-7,10,19H,8-9H2,(H,18,20). The molecule has 0 spiro atoms. The zero-order valence-electron chi connectivity index (χ0n) is 10.8. The summed E-state index contributed by atoms with van der Waals surface area (Å²) in [6.07, 6.45) is 1.27. The molecule has 1 fully saturated rings. The predicted octanol–water partition coefficient (Wildman–Crippen LogP) is 3.20. The minimum atomic E-state index is -0.767. The molecule has 2 aromatic rings. The monoisotopic (exact) mass is 271 g/mol. The van der Waals surface area contributed by atoms with Crippen LogP contribution in [0.1, 0.15) is 18.4 Å². The van der Waals surface area contributed by atoms with Crippen LogP contribution in [0.3, 0.4) is 0 Å². The van der Waals surface area contributed by atoms with E-state index in [1.165, 1.54) is 18.2 Å². The van der Waals surface area contributed by atoms with Gasteiger partial charge in [-0.1, -0.05) is 24.3 Å². The second-order valence-corrected chi connectivity index (χ2v) is 5.07. The Morgan fingerprint density at radius 3 is 2.55 bits per heavy atom. The van der Waals surface area contributed by atoms with Gasteiger partial charge in [-0.2, -0.15) is 0 Å². The molecular formula is C16H14FNO2. The summed E-state index contributed by atoms with van der Waals surface area (Å²) in [6, 6.07) is 12.7. The summed E-state index contributed by atoms with van der Waals surface area (Å²) < 4.78 is 13.9. The molecule has 0 aromatic heterocycles. The van der Waals surface area contributed by atoms with Crippen molar-refractivity contribution in [2.45, 2.75) is 18.3 Å². The van der Waals surface area contributed by atoms with Gasteiger partial charge in [-0.05, 0) is 31.0 Å². The predicted molar refractivity (Wildman–Crippen MR) is 74.0 cm³/mol. The first kappa shape index (κ1) is 12.7. The molecule has 0 radical (unpaired) electrons. The summed E-state index contributed by atoms with van der Waals surface area (Å²) in [5.41, 5.74) is 0.187. The van der Waals surface area contributed by atoms with Gasteiger partial charge in [0.1, 0.15) is 11.6 Å². The summed E-state index contributed by atoms with van der Waals surface area (Å²) in [4.78, 5) is 12.4. The minimum absolute atomic E-state index is 0.0820. The van der Waals surface area contributed by atoms with Crippen molar-refractivity contribution >= 4 is 11.6 Å². The first-order valence-electron chi connectivity index (χ1n) is 6.47. The van der Waals surface area contributed by atoms with E-state index in [1.54, 1.807) is 30.3 Å². The maximum Gasteiger partial charge on any atom is 0.235 e. The molecule has 0 aliphatic heterocycles. The molecular weight excluding hydrogens is 257 g/mol. The van der Waals surface area contributed by atoms with Gasteiger partial charge in [0.15, 0.2) is 0 Å². The molecule has 0 heterocycles. The van der Waals surface area contributed by atoms with Crippen LogP contribution in [0.15, 0.2) is 48.5 Å². The Kier molecular flexibility index (Phi) is 2.93. The topological polar surface area (TPSA) is 49.3 Å². The van der Waals surface area contributed by atoms with Crippen LogP contribution in [0.4, 0.5) is 10.1 Å². The van der Waals surface area contributed by atoms with Gasteiger partial charge in [0.2, 0.25) is 5.91 Å². The molecule has 0 unspecified atom stereocenters. The molecule has 1 aliphatic carbocycles. The zero-order chi connectivity index (χ0) is 14.2. The molecule has 2 N–H and O–H groups in total. The van der Waals surface area contributed by atoms with Gasteiger partial charge in [0, 0.05) is 17.3 Å². The van der Waals surface area contributed by atoms with Crippen molar-refractivity contribution in [2.24, 2.45) is 0 Å². The highest BCUT2D eigenvalue weighted by Crippen LogP contribution is 2.49. The Morgan fingerprint density at radius 2 is 1.90 bits per heavy atom. The van der Waals surface area contributed by atoms with Crippen molar-refractivity contribution in [3.63, 3.8) is 0 Å². The maximum absolute atomic E-state index is 13.9. The van der Waals surface area contributed by atoms with Gasteiger partial charge >= 0.3 is 0 Å². The first-order valence-corrected chi connectivity index (χ1v) is 6.47. The van der Waals surface area contributed by atoms with Crippen LogP contribution in [0.25, 0.3) is 0 Å². The molecule has 2 aromatic carbocycles. The number of hydrogen-bond acceptors (Lipinski definition) is 2. The number of carbonyl (C=O) groups is 1. The van der Waals surface area contributed by atoms with Crippen LogP contribution in [-0.2, 0) is 10.2 Å². The molecule has 0 atom stereocenters. The zero-order valence-corrected chi connectivity index (χ0v) is 10.8. The molecule has 3 rings (SSSR count). The van der Waals surface area contributed by atoms with Crippen LogP contribution in [0, 0.1) is 5.82 Å². The van der Waals surface area contributed by atoms with Gasteiger partial charge < -0.3 is 10.4 Å². The van der Waals surface area contributed by atoms with Crippen LogP contribution in [-0.4, -0.2) is 11.0 Å². The molecule has 1 amide bonds. The molecule has 0 bridgehead atoms. The molecule has 0 saturated heterocycles. The lowest BCUT2D eigenvalue weighted by Crippen LogP contribution is -2.28. The lowest BCUT2D eigenvalue weighted by Gasteiger charge is -2.16. The second kappa shape index (κ2) is 4.63. The van der Waals surface area contributed by atoms with Gasteiger partial charge in [-0.25, -0.2) is 4.39 Å². The van der Waals surface area contributed by atoms with E-state index >= 15 is 0 Å². The van der Waals surface area contributed by atoms with E-state index in [2.05, 4.69) is 5.32 Å². The molecule has 1 saturated carbocycles. The number of phenolic OH excluding ortho intramolecular Hbond substituents is 1. The number of phenols is 1. The van der Waals surface area contributed by atoms with Crippen LogP contribution in [0.2, 0.25) is 0 Å². The van der Waals surface area contributed by atoms with Gasteiger partial charge in [0.05, 0.1) is 5.41 Å². The largest absolute Gasteiger partial charge is 0.508 e. The van der Waals surface area contributed by atoms with Crippen molar-refractivity contribution in [3.8, 4) is 5.75 Å². The third-order valence-electron chi connectivity index (χ3n) is 3.68. The lowest BCUT2D eigenvalue weighted by molar-refractivity contribution is -0.118. The highest BCUT2D eigenvalue weighted by atomic mass is 19.1. The average Bonchev–Trinajstić information content (AvgIpc) is 3.21. The summed E-state index contributed by atoms with van der Waals surface area (Å²) in [6.45, 7) is 0. The Morgan fingerprint density at radius 1 is 1.15 bits per heavy atom. The third kappa shape index (κ3) is 2.13. The summed E-state index contributed by atoms with van der Waals surface area (Å²) in [5, 5.41) is 12.1. The number of halogens is 1. The molecule has 102 valence electrons. The van der Waals surface area contributed by atoms with Gasteiger partial charge in [-0.3, -0.25) is 4.79 Å². The fourth-order valence-electron chi connectivity index (χ4n) is 2.43. The lowest BCUT2D eigenvalue weighted by atomic mass is 9.94. The quantitative estimate of drug-likeness (QED) is 0.900. The Labute approximate surface area is 116 Å². The summed E-state index contributed by atoms with van der Waals surface area (Å²) in [7, 11) is 0. The molecule has 20 heavy (non-hydrogen) atoms. The fraction of sp³-hybridized carbons (Fsp3) is 0.188. The SMILES string of the molecule is O=C(Nc1cccc(O)c1)C1(c2ccccc2F)CC1. The highest BCUT2D eigenvalue weighted by Gasteiger charge is 2.52. The Bertz CT molecular complexity index is 665. The number of rotatable bonds is 3. The van der Waals surface area contributed by atoms with Crippen molar-refractivity contribution in [2.75, 3.05) is 5.32 Å². The van der Waals surface area contributed by atoms with E-state index in [4.69, 9.17) is 0 Å². The molecule has 4 heteroatoms. The van der Waals surface area contributed by atoms with Crippen molar-refractivity contribution in [3.05, 3.63) is 59.9 Å². The normalized spacial score (nSPS) is 15.7. The Balaban J connectivity index is 1.86. The van der Waals surface area contributed by atoms with Crippen LogP contribution < -0.4 is 5.32 Å². The first-order chi connectivity index (χ1) is 9.62. The number of carbonyl (C=O) groups excluding carboxylic acids is 1. The fourth-order valence-corrected chi connectivity index (χ4v) is 2.43. The van der Waals surface area contributed by atoms with Crippen LogP contribution in [0.5, 0.6) is 5.75 Å². The van der Waals surface area contributed by atoms with Crippen molar-refractivity contribution < 1.29 is 14.3 Å². The van der Waals surface area contributed by atoms with Crippen LogP contribution >= 0.6 is 0 Å². The van der Waals surface area contributed by atoms with E-state index in [-0.39, 0.29) is 17.5 Å². The number of benzene rings is 2. The van der Waals surface area contributed by atoms with Crippen molar-refractivity contribution in [1.29, 1.82) is 0 Å². The highest BCUT2D eigenvalue weighted by molar-refractivity contribution is 6.01. The van der Waals surface area contributed by atoms with Gasteiger partial charge in [-0.15, -0.1) is 0 Å². The number of amides is 1. The van der Waals surface area contributed by atoms with E-state index in [0.717, 1.165) is 0 Å². The third-order valence-corrected chi connectivity index (χ3v) is 3.68. The van der Waals surface area contributed by atoms with E-state index in [9.17, 15) is 14.3 Å². The van der Waals surface area contributed by atoms with E-state index < -0.39 is 5.41 Å². The number of anilines is 1. The summed E-state index contributed by atoms with van der Waals surface area (Å²) >= 11 is 0. The number of aromatic hydroxyl groups is 1. The molecule has 1 aliphatic rings. The second-order valence-electron chi connectivity index (χ2n) is 5.07. The van der Waals surface area contributed by atoms with E-state index in [0.29, 0.717) is 24.1 Å². The van der Waals surface area contributed by atoms with E-state index in [1.807, 2.05) is 0 Å². The smallest absolute Gasteiger partial charge is 0.235 e. The van der Waals surface area contributed by atoms with Gasteiger partial charge in [0.25, 0.3) is 0 Å². The molecule has 3 nitrogen and oxygen atoms in total. The number of nitrogens with one attached hydrogen (secondary N) is 1. The van der Waals surface area contributed by atoms with Crippen molar-refractivity contribution in [1.82, 2.24) is 0 Å². The maximum atomic E-state index is 13.9.